The van der Waals surface area contributed by atoms with Crippen LogP contribution in [-0.2, 0) is 12.1 Å². The summed E-state index contributed by atoms with van der Waals surface area (Å²) in [5.41, 5.74) is 0.713. The Morgan fingerprint density at radius 2 is 2.23 bits per heavy atom. The molecule has 1 aliphatic carbocycles. The number of aryl methyl sites for hydroxylation is 1. The first-order valence-electron chi connectivity index (χ1n) is 4.57. The zero-order valence-electron chi connectivity index (χ0n) is 7.61. The molecule has 0 bridgehead atoms. The van der Waals surface area contributed by atoms with E-state index in [0.717, 1.165) is 24.0 Å². The molecule has 0 fully saturated rings. The van der Waals surface area contributed by atoms with E-state index in [0.29, 0.717) is 11.4 Å². The zero-order valence-corrected chi connectivity index (χ0v) is 8.37. The van der Waals surface area contributed by atoms with Gasteiger partial charge >= 0.3 is 0 Å². The minimum atomic E-state index is -1.18. The summed E-state index contributed by atoms with van der Waals surface area (Å²) in [6.45, 7) is 1.64. The monoisotopic (exact) mass is 198 g/mol. The molecule has 13 heavy (non-hydrogen) atoms. The first-order chi connectivity index (χ1) is 6.09. The Morgan fingerprint density at radius 3 is 3.00 bits per heavy atom. The summed E-state index contributed by atoms with van der Waals surface area (Å²) in [7, 11) is 0. The van der Waals surface area contributed by atoms with E-state index in [-0.39, 0.29) is 0 Å². The fourth-order valence-electron chi connectivity index (χ4n) is 2.00. The lowest BCUT2D eigenvalue weighted by Crippen LogP contribution is -2.22. The minimum absolute atomic E-state index is 0.611. The molecule has 0 radical (unpaired) electrons. The number of halogens is 2. The van der Waals surface area contributed by atoms with Crippen LogP contribution in [0.2, 0.25) is 5.02 Å². The van der Waals surface area contributed by atoms with Crippen molar-refractivity contribution in [3.63, 3.8) is 0 Å². The van der Waals surface area contributed by atoms with Gasteiger partial charge in [0.05, 0.1) is 0 Å². The molecule has 2 heteroatoms. The largest absolute Gasteiger partial charge is 0.239 e. The average molecular weight is 199 g/mol. The van der Waals surface area contributed by atoms with Crippen molar-refractivity contribution in [3.05, 3.63) is 34.3 Å². The number of fused-ring (bicyclic) bond motifs is 1. The Hall–Kier alpha value is -0.560. The van der Waals surface area contributed by atoms with Crippen LogP contribution in [-0.4, -0.2) is 0 Å². The molecule has 0 spiro atoms. The molecule has 0 saturated carbocycles. The molecular formula is C11H12ClF. The quantitative estimate of drug-likeness (QED) is 0.594. The Morgan fingerprint density at radius 1 is 1.46 bits per heavy atom. The molecule has 0 aromatic heterocycles. The van der Waals surface area contributed by atoms with Gasteiger partial charge in [-0.05, 0) is 49.4 Å². The van der Waals surface area contributed by atoms with Crippen molar-refractivity contribution in [1.82, 2.24) is 0 Å². The van der Waals surface area contributed by atoms with Crippen LogP contribution in [0.5, 0.6) is 0 Å². The van der Waals surface area contributed by atoms with Gasteiger partial charge in [0.15, 0.2) is 0 Å². The Balaban J connectivity index is 2.55. The lowest BCUT2D eigenvalue weighted by Gasteiger charge is -2.28. The summed E-state index contributed by atoms with van der Waals surface area (Å²) in [4.78, 5) is 0. The highest BCUT2D eigenvalue weighted by atomic mass is 35.5. The molecule has 0 amide bonds. The van der Waals surface area contributed by atoms with E-state index < -0.39 is 5.67 Å². The van der Waals surface area contributed by atoms with Gasteiger partial charge in [-0.15, -0.1) is 0 Å². The third-order valence-electron chi connectivity index (χ3n) is 2.73. The highest BCUT2D eigenvalue weighted by Gasteiger charge is 2.31. The molecular weight excluding hydrogens is 187 g/mol. The molecule has 0 aliphatic heterocycles. The fourth-order valence-corrected chi connectivity index (χ4v) is 2.17. The number of benzene rings is 1. The predicted molar refractivity (Wildman–Crippen MR) is 52.9 cm³/mol. The van der Waals surface area contributed by atoms with Gasteiger partial charge in [0.2, 0.25) is 0 Å². The van der Waals surface area contributed by atoms with Crippen molar-refractivity contribution in [2.45, 2.75) is 31.9 Å². The van der Waals surface area contributed by atoms with Crippen molar-refractivity contribution in [2.75, 3.05) is 0 Å². The van der Waals surface area contributed by atoms with Gasteiger partial charge in [-0.25, -0.2) is 4.39 Å². The SMILES string of the molecule is CC1(F)CCCc2ccc(Cl)cc21. The lowest BCUT2D eigenvalue weighted by atomic mass is 9.82. The molecule has 1 aromatic rings. The van der Waals surface area contributed by atoms with E-state index >= 15 is 0 Å². The smallest absolute Gasteiger partial charge is 0.133 e. The molecule has 0 nitrogen and oxygen atoms in total. The zero-order chi connectivity index (χ0) is 9.47. The number of alkyl halides is 1. The number of hydrogen-bond donors (Lipinski definition) is 0. The third-order valence-corrected chi connectivity index (χ3v) is 2.96. The van der Waals surface area contributed by atoms with Crippen molar-refractivity contribution >= 4 is 11.6 Å². The van der Waals surface area contributed by atoms with Crippen molar-refractivity contribution in [3.8, 4) is 0 Å². The molecule has 1 aliphatic rings. The van der Waals surface area contributed by atoms with E-state index in [4.69, 9.17) is 11.6 Å². The number of hydrogen-bond acceptors (Lipinski definition) is 0. The van der Waals surface area contributed by atoms with Crippen LogP contribution in [0.4, 0.5) is 4.39 Å². The van der Waals surface area contributed by atoms with E-state index in [2.05, 4.69) is 0 Å². The van der Waals surface area contributed by atoms with Gasteiger partial charge in [0.1, 0.15) is 5.67 Å². The molecule has 0 saturated heterocycles. The van der Waals surface area contributed by atoms with Crippen LogP contribution >= 0.6 is 11.6 Å². The maximum Gasteiger partial charge on any atom is 0.133 e. The van der Waals surface area contributed by atoms with E-state index in [1.165, 1.54) is 0 Å². The Bertz CT molecular complexity index is 331. The summed E-state index contributed by atoms with van der Waals surface area (Å²) >= 11 is 5.84. The molecule has 1 unspecified atom stereocenters. The number of rotatable bonds is 0. The molecule has 1 atom stereocenters. The first-order valence-corrected chi connectivity index (χ1v) is 4.95. The molecule has 0 N–H and O–H groups in total. The topological polar surface area (TPSA) is 0 Å². The lowest BCUT2D eigenvalue weighted by molar-refractivity contribution is 0.162. The van der Waals surface area contributed by atoms with Gasteiger partial charge < -0.3 is 0 Å². The predicted octanol–water partition coefficient (Wildman–Crippen LogP) is 3.86. The third kappa shape index (κ3) is 1.58. The highest BCUT2D eigenvalue weighted by Crippen LogP contribution is 2.39. The van der Waals surface area contributed by atoms with Gasteiger partial charge in [-0.1, -0.05) is 17.7 Å². The normalized spacial score (nSPS) is 27.0. The van der Waals surface area contributed by atoms with Crippen LogP contribution in [0.3, 0.4) is 0 Å². The van der Waals surface area contributed by atoms with Crippen LogP contribution in [0.25, 0.3) is 0 Å². The average Bonchev–Trinajstić information content (AvgIpc) is 2.06. The molecule has 1 aromatic carbocycles. The second-order valence-corrected chi connectivity index (χ2v) is 4.29. The summed E-state index contributed by atoms with van der Waals surface area (Å²) in [6, 6.07) is 5.53. The first kappa shape index (κ1) is 9.01. The minimum Gasteiger partial charge on any atom is -0.239 e. The van der Waals surface area contributed by atoms with Crippen molar-refractivity contribution in [2.24, 2.45) is 0 Å². The summed E-state index contributed by atoms with van der Waals surface area (Å²) < 4.78 is 14.0. The van der Waals surface area contributed by atoms with Crippen LogP contribution in [0.1, 0.15) is 30.9 Å². The van der Waals surface area contributed by atoms with E-state index in [1.54, 1.807) is 13.0 Å². The molecule has 0 heterocycles. The second kappa shape index (κ2) is 2.98. The second-order valence-electron chi connectivity index (χ2n) is 3.85. The summed E-state index contributed by atoms with van der Waals surface area (Å²) in [6.07, 6.45) is 2.52. The maximum absolute atomic E-state index is 14.0. The van der Waals surface area contributed by atoms with Gasteiger partial charge in [-0.2, -0.15) is 0 Å². The molecule has 2 rings (SSSR count). The molecule has 70 valence electrons. The standard InChI is InChI=1S/C11H12ClF/c1-11(13)6-2-3-8-4-5-9(12)7-10(8)11/h4-5,7H,2-3,6H2,1H3. The highest BCUT2D eigenvalue weighted by molar-refractivity contribution is 6.30. The Kier molecular flexibility index (Phi) is 2.07. The van der Waals surface area contributed by atoms with Gasteiger partial charge in [0.25, 0.3) is 0 Å². The fraction of sp³-hybridized carbons (Fsp3) is 0.455. The van der Waals surface area contributed by atoms with Crippen molar-refractivity contribution < 1.29 is 4.39 Å². The van der Waals surface area contributed by atoms with Crippen LogP contribution < -0.4 is 0 Å². The summed E-state index contributed by atoms with van der Waals surface area (Å²) in [5, 5.41) is 0.629. The Labute approximate surface area is 82.7 Å². The van der Waals surface area contributed by atoms with E-state index in [1.807, 2.05) is 12.1 Å². The van der Waals surface area contributed by atoms with Gasteiger partial charge in [0, 0.05) is 5.02 Å². The van der Waals surface area contributed by atoms with Gasteiger partial charge in [-0.3, -0.25) is 0 Å². The van der Waals surface area contributed by atoms with Crippen molar-refractivity contribution in [1.29, 1.82) is 0 Å². The summed E-state index contributed by atoms with van der Waals surface area (Å²) in [5.74, 6) is 0. The maximum atomic E-state index is 14.0. The van der Waals surface area contributed by atoms with Crippen LogP contribution in [0, 0.1) is 0 Å². The van der Waals surface area contributed by atoms with Crippen LogP contribution in [0.15, 0.2) is 18.2 Å². The van der Waals surface area contributed by atoms with E-state index in [9.17, 15) is 4.39 Å².